The second-order valence-corrected chi connectivity index (χ2v) is 8.32. The maximum Gasteiger partial charge on any atom is 0.277 e. The molecule has 0 aliphatic carbocycles. The normalized spacial score (nSPS) is 13.4. The fourth-order valence-electron chi connectivity index (χ4n) is 4.13. The fourth-order valence-corrected chi connectivity index (χ4v) is 4.13. The van der Waals surface area contributed by atoms with Crippen LogP contribution in [0.25, 0.3) is 5.57 Å². The van der Waals surface area contributed by atoms with E-state index in [1.807, 2.05) is 72.6 Å². The number of nitrogens with zero attached hydrogens (tertiary/aromatic N) is 2. The number of likely N-dealkylation sites (N-methyl/N-ethyl adjacent to an activating group) is 1. The molecule has 34 heavy (non-hydrogen) atoms. The van der Waals surface area contributed by atoms with Crippen LogP contribution >= 0.6 is 0 Å². The number of amides is 3. The van der Waals surface area contributed by atoms with Crippen LogP contribution in [0.4, 0.5) is 5.69 Å². The monoisotopic (exact) mass is 453 g/mol. The summed E-state index contributed by atoms with van der Waals surface area (Å²) in [6, 6.07) is 26.7. The molecule has 0 saturated carbocycles. The van der Waals surface area contributed by atoms with Crippen molar-refractivity contribution in [2.24, 2.45) is 0 Å². The summed E-state index contributed by atoms with van der Waals surface area (Å²) in [6.07, 6.45) is 0.586. The van der Waals surface area contributed by atoms with Crippen LogP contribution in [0.3, 0.4) is 0 Å². The molecule has 0 atom stereocenters. The molecule has 1 heterocycles. The summed E-state index contributed by atoms with van der Waals surface area (Å²) in [4.78, 5) is 41.6. The molecule has 0 aromatic heterocycles. The van der Waals surface area contributed by atoms with E-state index in [-0.39, 0.29) is 17.7 Å². The van der Waals surface area contributed by atoms with Crippen molar-refractivity contribution < 1.29 is 14.4 Å². The lowest BCUT2D eigenvalue weighted by atomic mass is 10.0. The fraction of sp³-hybridized carbons (Fsp3) is 0.179. The molecule has 4 rings (SSSR count). The van der Waals surface area contributed by atoms with Gasteiger partial charge in [-0.1, -0.05) is 72.8 Å². The van der Waals surface area contributed by atoms with E-state index >= 15 is 0 Å². The van der Waals surface area contributed by atoms with Crippen molar-refractivity contribution in [2.75, 3.05) is 18.9 Å². The van der Waals surface area contributed by atoms with Crippen LogP contribution in [0.15, 0.2) is 90.6 Å². The van der Waals surface area contributed by atoms with Gasteiger partial charge in [0.2, 0.25) is 5.91 Å². The molecule has 0 bridgehead atoms. The van der Waals surface area contributed by atoms with Crippen molar-refractivity contribution in [1.29, 1.82) is 0 Å². The predicted octanol–water partition coefficient (Wildman–Crippen LogP) is 4.10. The zero-order chi connectivity index (χ0) is 24.1. The van der Waals surface area contributed by atoms with Crippen molar-refractivity contribution in [1.82, 2.24) is 9.80 Å². The Balaban J connectivity index is 1.66. The number of hydrogen-bond donors (Lipinski definition) is 1. The van der Waals surface area contributed by atoms with E-state index in [1.54, 1.807) is 24.3 Å². The van der Waals surface area contributed by atoms with Gasteiger partial charge in [0.25, 0.3) is 11.8 Å². The Morgan fingerprint density at radius 1 is 0.824 bits per heavy atom. The summed E-state index contributed by atoms with van der Waals surface area (Å²) in [6.45, 7) is 2.24. The van der Waals surface area contributed by atoms with Gasteiger partial charge in [-0.2, -0.15) is 0 Å². The first-order valence-electron chi connectivity index (χ1n) is 11.2. The van der Waals surface area contributed by atoms with Crippen LogP contribution in [-0.4, -0.2) is 41.1 Å². The van der Waals surface area contributed by atoms with Gasteiger partial charge in [-0.15, -0.1) is 0 Å². The molecule has 6 nitrogen and oxygen atoms in total. The lowest BCUT2D eigenvalue weighted by molar-refractivity contribution is -0.137. The van der Waals surface area contributed by atoms with Crippen LogP contribution in [-0.2, 0) is 27.3 Å². The third-order valence-corrected chi connectivity index (χ3v) is 5.75. The van der Waals surface area contributed by atoms with Crippen LogP contribution in [0.1, 0.15) is 23.6 Å². The maximum atomic E-state index is 13.5. The summed E-state index contributed by atoms with van der Waals surface area (Å²) in [5, 5.41) is 2.73. The SMILES string of the molecule is CC(=O)Nc1ccc(C2=C(N(C)Cc3ccccc3)C(=O)N(CCc3ccccc3)C2=O)cc1. The van der Waals surface area contributed by atoms with E-state index in [4.69, 9.17) is 0 Å². The van der Waals surface area contributed by atoms with E-state index in [9.17, 15) is 14.4 Å². The molecule has 3 aromatic rings. The van der Waals surface area contributed by atoms with Gasteiger partial charge in [-0.25, -0.2) is 0 Å². The minimum Gasteiger partial charge on any atom is -0.365 e. The van der Waals surface area contributed by atoms with Gasteiger partial charge in [0.1, 0.15) is 5.70 Å². The molecular weight excluding hydrogens is 426 g/mol. The molecule has 0 spiro atoms. The first-order chi connectivity index (χ1) is 16.4. The maximum absolute atomic E-state index is 13.5. The Morgan fingerprint density at radius 3 is 2.00 bits per heavy atom. The van der Waals surface area contributed by atoms with Gasteiger partial charge in [0.15, 0.2) is 0 Å². The summed E-state index contributed by atoms with van der Waals surface area (Å²) in [5.74, 6) is -0.766. The quantitative estimate of drug-likeness (QED) is 0.522. The summed E-state index contributed by atoms with van der Waals surface area (Å²) >= 11 is 0. The molecule has 0 saturated heterocycles. The van der Waals surface area contributed by atoms with E-state index < -0.39 is 0 Å². The Bertz CT molecular complexity index is 1220. The molecule has 172 valence electrons. The van der Waals surface area contributed by atoms with Crippen molar-refractivity contribution in [3.05, 3.63) is 107 Å². The third-order valence-electron chi connectivity index (χ3n) is 5.75. The highest BCUT2D eigenvalue weighted by atomic mass is 16.2. The third kappa shape index (κ3) is 5.07. The highest BCUT2D eigenvalue weighted by Gasteiger charge is 2.40. The second-order valence-electron chi connectivity index (χ2n) is 8.32. The lowest BCUT2D eigenvalue weighted by Crippen LogP contribution is -2.35. The summed E-state index contributed by atoms with van der Waals surface area (Å²) in [5.41, 5.74) is 4.15. The van der Waals surface area contributed by atoms with Gasteiger partial charge in [-0.3, -0.25) is 19.3 Å². The summed E-state index contributed by atoms with van der Waals surface area (Å²) < 4.78 is 0. The minimum atomic E-state index is -0.303. The number of anilines is 1. The van der Waals surface area contributed by atoms with Gasteiger partial charge in [0, 0.05) is 32.7 Å². The average Bonchev–Trinajstić information content (AvgIpc) is 3.08. The number of hydrogen-bond acceptors (Lipinski definition) is 4. The zero-order valence-electron chi connectivity index (χ0n) is 19.3. The smallest absolute Gasteiger partial charge is 0.277 e. The molecule has 1 aliphatic heterocycles. The van der Waals surface area contributed by atoms with Gasteiger partial charge >= 0.3 is 0 Å². The Morgan fingerprint density at radius 2 is 1.41 bits per heavy atom. The number of imide groups is 1. The molecule has 0 fully saturated rings. The highest BCUT2D eigenvalue weighted by Crippen LogP contribution is 2.32. The number of rotatable bonds is 8. The highest BCUT2D eigenvalue weighted by molar-refractivity contribution is 6.35. The largest absolute Gasteiger partial charge is 0.365 e. The Kier molecular flexibility index (Phi) is 6.87. The molecule has 3 aromatic carbocycles. The van der Waals surface area contributed by atoms with Crippen molar-refractivity contribution in [3.63, 3.8) is 0 Å². The van der Waals surface area contributed by atoms with E-state index in [1.165, 1.54) is 11.8 Å². The van der Waals surface area contributed by atoms with Gasteiger partial charge in [0.05, 0.1) is 5.57 Å². The molecule has 6 heteroatoms. The number of carbonyl (C=O) groups excluding carboxylic acids is 3. The van der Waals surface area contributed by atoms with Crippen molar-refractivity contribution >= 4 is 29.0 Å². The van der Waals surface area contributed by atoms with Crippen molar-refractivity contribution in [2.45, 2.75) is 19.9 Å². The standard InChI is InChI=1S/C28H27N3O3/c1-20(32)29-24-15-13-23(14-16-24)25-26(30(2)19-22-11-7-4-8-12-22)28(34)31(27(25)33)18-17-21-9-5-3-6-10-21/h3-16H,17-19H2,1-2H3,(H,29,32). The van der Waals surface area contributed by atoms with Crippen LogP contribution < -0.4 is 5.32 Å². The number of nitrogens with one attached hydrogen (secondary N) is 1. The zero-order valence-corrected chi connectivity index (χ0v) is 19.3. The lowest BCUT2D eigenvalue weighted by Gasteiger charge is -2.21. The van der Waals surface area contributed by atoms with E-state index in [2.05, 4.69) is 5.32 Å². The second kappa shape index (κ2) is 10.2. The van der Waals surface area contributed by atoms with E-state index in [0.29, 0.717) is 42.0 Å². The first-order valence-corrected chi connectivity index (χ1v) is 11.2. The molecule has 1 aliphatic rings. The number of benzene rings is 3. The van der Waals surface area contributed by atoms with E-state index in [0.717, 1.165) is 11.1 Å². The summed E-state index contributed by atoms with van der Waals surface area (Å²) in [7, 11) is 1.83. The topological polar surface area (TPSA) is 69.7 Å². The van der Waals surface area contributed by atoms with Gasteiger partial charge < -0.3 is 10.2 Å². The average molecular weight is 454 g/mol. The first kappa shape index (κ1) is 23.0. The molecule has 0 radical (unpaired) electrons. The molecular formula is C28H27N3O3. The molecule has 0 unspecified atom stereocenters. The van der Waals surface area contributed by atoms with Crippen LogP contribution in [0.5, 0.6) is 0 Å². The van der Waals surface area contributed by atoms with Crippen molar-refractivity contribution in [3.8, 4) is 0 Å². The Labute approximate surface area is 199 Å². The number of carbonyl (C=O) groups is 3. The minimum absolute atomic E-state index is 0.172. The molecule has 1 N–H and O–H groups in total. The predicted molar refractivity (Wildman–Crippen MR) is 132 cm³/mol. The Hall–Kier alpha value is -4.19. The van der Waals surface area contributed by atoms with Gasteiger partial charge in [-0.05, 0) is 35.2 Å². The van der Waals surface area contributed by atoms with Crippen LogP contribution in [0, 0.1) is 0 Å². The molecule has 3 amide bonds. The van der Waals surface area contributed by atoms with Crippen LogP contribution in [0.2, 0.25) is 0 Å².